The fourth-order valence-corrected chi connectivity index (χ4v) is 2.68. The van der Waals surface area contributed by atoms with Crippen LogP contribution in [-0.4, -0.2) is 53.9 Å². The first-order valence-corrected chi connectivity index (χ1v) is 7.62. The molecule has 1 aliphatic rings. The number of hydrogen-bond donors (Lipinski definition) is 3. The van der Waals surface area contributed by atoms with Gasteiger partial charge in [-0.25, -0.2) is 4.79 Å². The van der Waals surface area contributed by atoms with Crippen molar-refractivity contribution in [3.63, 3.8) is 0 Å². The number of H-pyrrole nitrogens is 1. The van der Waals surface area contributed by atoms with E-state index in [1.54, 1.807) is 0 Å². The van der Waals surface area contributed by atoms with Crippen molar-refractivity contribution in [3.8, 4) is 0 Å². The largest absolute Gasteiger partial charge is 0.361 e. The van der Waals surface area contributed by atoms with Gasteiger partial charge in [0.25, 0.3) is 0 Å². The third kappa shape index (κ3) is 3.95. The van der Waals surface area contributed by atoms with Crippen molar-refractivity contribution in [2.75, 3.05) is 26.1 Å². The number of allylic oxidation sites excluding steroid dienone is 2. The Morgan fingerprint density at radius 2 is 2.27 bits per heavy atom. The normalized spacial score (nSPS) is 13.6. The van der Waals surface area contributed by atoms with E-state index >= 15 is 0 Å². The summed E-state index contributed by atoms with van der Waals surface area (Å²) in [5.74, 6) is 0.217. The minimum absolute atomic E-state index is 0.128. The van der Waals surface area contributed by atoms with Crippen LogP contribution in [0.2, 0.25) is 0 Å². The van der Waals surface area contributed by atoms with Gasteiger partial charge in [0.1, 0.15) is 12.4 Å². The fourth-order valence-electron chi connectivity index (χ4n) is 1.76. The first kappa shape index (κ1) is 16.2. The molecule has 0 saturated heterocycles. The van der Waals surface area contributed by atoms with Crippen LogP contribution in [0.1, 0.15) is 27.3 Å². The molecule has 0 aliphatic heterocycles. The number of nitrogens with one attached hydrogen (secondary N) is 3. The van der Waals surface area contributed by atoms with Gasteiger partial charge in [0.05, 0.1) is 16.7 Å². The molecule has 0 unspecified atom stereocenters. The number of hydrogen-bond acceptors (Lipinski definition) is 6. The predicted octanol–water partition coefficient (Wildman–Crippen LogP) is 0.699. The Bertz CT molecular complexity index is 611. The summed E-state index contributed by atoms with van der Waals surface area (Å²) in [5, 5.41) is 11.2. The molecule has 0 fully saturated rings. The summed E-state index contributed by atoms with van der Waals surface area (Å²) in [5.41, 5.74) is 0.569. The van der Waals surface area contributed by atoms with E-state index in [2.05, 4.69) is 20.8 Å². The summed E-state index contributed by atoms with van der Waals surface area (Å²) >= 11 is 1.31. The summed E-state index contributed by atoms with van der Waals surface area (Å²) in [4.78, 5) is 35.2. The molecule has 0 aromatic carbocycles. The summed E-state index contributed by atoms with van der Waals surface area (Å²) in [7, 11) is 1.52. The molecule has 2 rings (SSSR count). The van der Waals surface area contributed by atoms with Crippen molar-refractivity contribution >= 4 is 29.4 Å². The zero-order valence-electron chi connectivity index (χ0n) is 12.0. The highest BCUT2D eigenvalue weighted by Crippen LogP contribution is 2.27. The molecule has 1 aromatic rings. The van der Waals surface area contributed by atoms with Gasteiger partial charge in [-0.2, -0.15) is 5.10 Å². The van der Waals surface area contributed by atoms with E-state index in [1.807, 2.05) is 0 Å². The second-order valence-corrected chi connectivity index (χ2v) is 5.51. The van der Waals surface area contributed by atoms with Crippen LogP contribution in [0.3, 0.4) is 0 Å². The Morgan fingerprint density at radius 3 is 3.05 bits per heavy atom. The van der Waals surface area contributed by atoms with Gasteiger partial charge in [-0.3, -0.25) is 14.7 Å². The van der Waals surface area contributed by atoms with Crippen molar-refractivity contribution in [1.29, 1.82) is 0 Å². The number of urea groups is 1. The molecule has 0 bridgehead atoms. The van der Waals surface area contributed by atoms with Gasteiger partial charge in [0.2, 0.25) is 11.6 Å². The van der Waals surface area contributed by atoms with E-state index < -0.39 is 0 Å². The first-order valence-electron chi connectivity index (χ1n) is 6.63. The molecular formula is C13H16N4O4S. The topological polar surface area (TPSA) is 113 Å². The van der Waals surface area contributed by atoms with E-state index in [-0.39, 0.29) is 30.0 Å². The molecule has 9 heteroatoms. The van der Waals surface area contributed by atoms with Crippen LogP contribution in [0.15, 0.2) is 17.2 Å². The van der Waals surface area contributed by atoms with Crippen LogP contribution in [0.5, 0.6) is 0 Å². The third-order valence-electron chi connectivity index (χ3n) is 2.87. The highest BCUT2D eigenvalue weighted by Gasteiger charge is 2.27. The van der Waals surface area contributed by atoms with Gasteiger partial charge in [-0.1, -0.05) is 0 Å². The van der Waals surface area contributed by atoms with Crippen molar-refractivity contribution in [2.45, 2.75) is 6.42 Å². The lowest BCUT2D eigenvalue weighted by molar-refractivity contribution is 0.0989. The van der Waals surface area contributed by atoms with Crippen LogP contribution >= 0.6 is 11.8 Å². The molecule has 0 radical (unpaired) electrons. The lowest BCUT2D eigenvalue weighted by Gasteiger charge is -2.10. The highest BCUT2D eigenvalue weighted by molar-refractivity contribution is 8.04. The SMILES string of the molecule is CNC(=O)NCOCCCSC1=CC(=O)c2[nH]ncc2C1=O. The van der Waals surface area contributed by atoms with Crippen LogP contribution in [0.4, 0.5) is 4.79 Å². The standard InChI is InChI=1S/C13H16N4O4S/c1-14-13(20)15-7-21-3-2-4-22-10-5-9(18)11-8(12(10)19)6-16-17-11/h5-6H,2-4,7H2,1H3,(H,16,17)(H2,14,15,20). The van der Waals surface area contributed by atoms with Crippen LogP contribution < -0.4 is 10.6 Å². The average molecular weight is 324 g/mol. The Hall–Kier alpha value is -2.13. The summed E-state index contributed by atoms with van der Waals surface area (Å²) in [6.07, 6.45) is 3.40. The second kappa shape index (κ2) is 7.76. The minimum Gasteiger partial charge on any atom is -0.361 e. The van der Waals surface area contributed by atoms with E-state index in [4.69, 9.17) is 4.74 Å². The van der Waals surface area contributed by atoms with Gasteiger partial charge >= 0.3 is 6.03 Å². The Kier molecular flexibility index (Phi) is 5.73. The molecule has 2 amide bonds. The third-order valence-corrected chi connectivity index (χ3v) is 3.98. The average Bonchev–Trinajstić information content (AvgIpc) is 3.01. The molecule has 3 N–H and O–H groups in total. The number of amides is 2. The van der Waals surface area contributed by atoms with E-state index in [0.717, 1.165) is 0 Å². The predicted molar refractivity (Wildman–Crippen MR) is 80.8 cm³/mol. The van der Waals surface area contributed by atoms with Gasteiger partial charge in [-0.15, -0.1) is 11.8 Å². The number of ether oxygens (including phenoxy) is 1. The van der Waals surface area contributed by atoms with E-state index in [1.165, 1.54) is 31.1 Å². The second-order valence-electron chi connectivity index (χ2n) is 4.37. The number of nitrogens with zero attached hydrogens (tertiary/aromatic N) is 1. The number of Topliss-reactive ketones (excluding diaryl/α,β-unsaturated/α-hetero) is 1. The lowest BCUT2D eigenvalue weighted by Crippen LogP contribution is -2.34. The lowest BCUT2D eigenvalue weighted by atomic mass is 10.0. The maximum atomic E-state index is 12.1. The molecule has 22 heavy (non-hydrogen) atoms. The Labute approximate surface area is 131 Å². The highest BCUT2D eigenvalue weighted by atomic mass is 32.2. The number of fused-ring (bicyclic) bond motifs is 1. The number of ketones is 2. The number of carbonyl (C=O) groups excluding carboxylic acids is 3. The molecule has 0 saturated carbocycles. The van der Waals surface area contributed by atoms with Gasteiger partial charge in [0, 0.05) is 25.5 Å². The number of aromatic nitrogens is 2. The van der Waals surface area contributed by atoms with E-state index in [9.17, 15) is 14.4 Å². The molecule has 1 heterocycles. The van der Waals surface area contributed by atoms with Crippen molar-refractivity contribution in [2.24, 2.45) is 0 Å². The molecule has 118 valence electrons. The molecular weight excluding hydrogens is 308 g/mol. The summed E-state index contributed by atoms with van der Waals surface area (Å²) in [6.45, 7) is 0.576. The number of rotatable bonds is 7. The number of carbonyl (C=O) groups is 3. The van der Waals surface area contributed by atoms with Gasteiger partial charge in [0.15, 0.2) is 0 Å². The smallest absolute Gasteiger partial charge is 0.316 e. The summed E-state index contributed by atoms with van der Waals surface area (Å²) in [6, 6.07) is -0.304. The van der Waals surface area contributed by atoms with Crippen molar-refractivity contribution in [1.82, 2.24) is 20.8 Å². The molecule has 0 atom stereocenters. The minimum atomic E-state index is -0.304. The molecule has 1 aliphatic carbocycles. The zero-order valence-corrected chi connectivity index (χ0v) is 12.8. The fraction of sp³-hybridized carbons (Fsp3) is 0.385. The quantitative estimate of drug-likeness (QED) is 0.502. The maximum absolute atomic E-state index is 12.1. The monoisotopic (exact) mass is 324 g/mol. The maximum Gasteiger partial charge on any atom is 0.316 e. The van der Waals surface area contributed by atoms with Crippen molar-refractivity contribution in [3.05, 3.63) is 28.4 Å². The van der Waals surface area contributed by atoms with Crippen LogP contribution in [-0.2, 0) is 4.74 Å². The summed E-state index contributed by atoms with van der Waals surface area (Å²) < 4.78 is 5.22. The first-order chi connectivity index (χ1) is 10.6. The molecule has 0 spiro atoms. The Balaban J connectivity index is 1.69. The number of aromatic amines is 1. The number of thioether (sulfide) groups is 1. The Morgan fingerprint density at radius 1 is 1.45 bits per heavy atom. The van der Waals surface area contributed by atoms with Crippen molar-refractivity contribution < 1.29 is 19.1 Å². The van der Waals surface area contributed by atoms with Crippen LogP contribution in [0.25, 0.3) is 0 Å². The van der Waals surface area contributed by atoms with E-state index in [0.29, 0.717) is 29.2 Å². The zero-order chi connectivity index (χ0) is 15.9. The van der Waals surface area contributed by atoms with Gasteiger partial charge < -0.3 is 15.4 Å². The molecule has 1 aromatic heterocycles. The molecule has 8 nitrogen and oxygen atoms in total. The van der Waals surface area contributed by atoms with Gasteiger partial charge in [-0.05, 0) is 6.42 Å². The van der Waals surface area contributed by atoms with Crippen LogP contribution in [0, 0.1) is 0 Å².